The first kappa shape index (κ1) is 25.5. The number of hydrogen-bond acceptors (Lipinski definition) is 7. The van der Waals surface area contributed by atoms with Gasteiger partial charge in [-0.05, 0) is 76.2 Å². The van der Waals surface area contributed by atoms with Gasteiger partial charge in [0.05, 0.1) is 28.5 Å². The fraction of sp³-hybridized carbons (Fsp3) is 0.444. The van der Waals surface area contributed by atoms with Crippen LogP contribution in [0.5, 0.6) is 5.75 Å². The van der Waals surface area contributed by atoms with E-state index in [4.69, 9.17) is 20.6 Å². The van der Waals surface area contributed by atoms with Crippen molar-refractivity contribution in [2.24, 2.45) is 11.1 Å². The minimum atomic E-state index is -0.954. The second-order valence-corrected chi connectivity index (χ2v) is 10.7. The zero-order valence-corrected chi connectivity index (χ0v) is 20.9. The average Bonchev–Trinajstić information content (AvgIpc) is 2.76. The van der Waals surface area contributed by atoms with E-state index >= 15 is 0 Å². The molecular formula is C27H34N4O5. The summed E-state index contributed by atoms with van der Waals surface area (Å²) in [6, 6.07) is 5.48. The summed E-state index contributed by atoms with van der Waals surface area (Å²) >= 11 is 0. The highest BCUT2D eigenvalue weighted by Crippen LogP contribution is 2.57. The van der Waals surface area contributed by atoms with E-state index in [2.05, 4.69) is 10.6 Å². The first-order valence-corrected chi connectivity index (χ1v) is 12.1. The number of nitrogens with one attached hydrogen (secondary N) is 3. The van der Waals surface area contributed by atoms with Crippen LogP contribution >= 0.6 is 0 Å². The van der Waals surface area contributed by atoms with E-state index < -0.39 is 11.5 Å². The molecule has 0 radical (unpaired) electrons. The molecule has 4 rings (SSSR count). The standard InChI is InChI=1S/C27H34N4O5/c1-16-4-7-23(20(8-16)24(29)32)36-19-11-27(12-19)9-17(10-27)31-25(33)21(13-28)22-6-5-18(14-30-22)35-15-26(2,3)34/h4-8,13-14,17,19,28,30,34H,9-12,15H2,1-3H3,(H2,29,32)(H,31,33)/b22-21+,28-13?. The second-order valence-electron chi connectivity index (χ2n) is 10.7. The number of benzene rings is 1. The molecule has 192 valence electrons. The van der Waals surface area contributed by atoms with Gasteiger partial charge in [0.25, 0.3) is 11.8 Å². The van der Waals surface area contributed by atoms with Gasteiger partial charge in [0.1, 0.15) is 18.1 Å². The zero-order valence-electron chi connectivity index (χ0n) is 20.9. The largest absolute Gasteiger partial charge is 0.490 e. The molecule has 1 aromatic rings. The lowest BCUT2D eigenvalue weighted by molar-refractivity contribution is -0.123. The highest BCUT2D eigenvalue weighted by atomic mass is 16.5. The van der Waals surface area contributed by atoms with Gasteiger partial charge < -0.3 is 36.4 Å². The lowest BCUT2D eigenvalue weighted by Crippen LogP contribution is -2.59. The monoisotopic (exact) mass is 494 g/mol. The van der Waals surface area contributed by atoms with Crippen LogP contribution < -0.4 is 21.1 Å². The zero-order chi connectivity index (χ0) is 26.1. The fourth-order valence-corrected chi connectivity index (χ4v) is 4.99. The Morgan fingerprint density at radius 3 is 2.58 bits per heavy atom. The van der Waals surface area contributed by atoms with Crippen molar-refractivity contribution >= 4 is 18.0 Å². The number of carbonyl (C=O) groups excluding carboxylic acids is 2. The minimum Gasteiger partial charge on any atom is -0.490 e. The van der Waals surface area contributed by atoms with Gasteiger partial charge in [-0.2, -0.15) is 0 Å². The maximum absolute atomic E-state index is 12.8. The van der Waals surface area contributed by atoms with Crippen molar-refractivity contribution in [3.8, 4) is 5.75 Å². The van der Waals surface area contributed by atoms with Crippen LogP contribution in [0.3, 0.4) is 0 Å². The van der Waals surface area contributed by atoms with Gasteiger partial charge in [0, 0.05) is 18.5 Å². The number of allylic oxidation sites excluding steroid dienone is 2. The predicted molar refractivity (Wildman–Crippen MR) is 135 cm³/mol. The minimum absolute atomic E-state index is 0.0258. The van der Waals surface area contributed by atoms with Gasteiger partial charge in [-0.1, -0.05) is 11.6 Å². The van der Waals surface area contributed by atoms with Gasteiger partial charge >= 0.3 is 0 Å². The maximum Gasteiger partial charge on any atom is 0.255 e. The molecular weight excluding hydrogens is 460 g/mol. The fourth-order valence-electron chi connectivity index (χ4n) is 4.99. The Morgan fingerprint density at radius 2 is 2.00 bits per heavy atom. The summed E-state index contributed by atoms with van der Waals surface area (Å²) in [7, 11) is 0. The number of ether oxygens (including phenoxy) is 2. The molecule has 3 aliphatic rings. The molecule has 0 aromatic heterocycles. The Hall–Kier alpha value is -3.59. The van der Waals surface area contributed by atoms with Crippen LogP contribution in [-0.2, 0) is 9.53 Å². The van der Waals surface area contributed by atoms with E-state index in [0.717, 1.165) is 37.5 Å². The highest BCUT2D eigenvalue weighted by Gasteiger charge is 2.54. The molecule has 0 bridgehead atoms. The van der Waals surface area contributed by atoms with Crippen LogP contribution in [0.2, 0.25) is 0 Å². The third kappa shape index (κ3) is 5.79. The van der Waals surface area contributed by atoms with Crippen molar-refractivity contribution in [3.05, 3.63) is 64.7 Å². The average molecular weight is 495 g/mol. The SMILES string of the molecule is Cc1ccc(OC2CC3(CC(NC(=O)/C(C=N)=C4\C=CC(OCC(C)(C)O)=CN4)C3)C2)c(C(N)=O)c1. The third-order valence-corrected chi connectivity index (χ3v) is 6.76. The number of nitrogens with two attached hydrogens (primary N) is 1. The van der Waals surface area contributed by atoms with Gasteiger partial charge in [0.2, 0.25) is 0 Å². The van der Waals surface area contributed by atoms with Gasteiger partial charge in [-0.25, -0.2) is 0 Å². The Balaban J connectivity index is 1.26. The van der Waals surface area contributed by atoms with Crippen LogP contribution in [0.1, 0.15) is 55.5 Å². The lowest BCUT2D eigenvalue weighted by atomic mass is 9.53. The number of rotatable bonds is 9. The molecule has 0 atom stereocenters. The summed E-state index contributed by atoms with van der Waals surface area (Å²) in [6.45, 7) is 5.34. The van der Waals surface area contributed by atoms with E-state index in [1.54, 1.807) is 44.3 Å². The summed E-state index contributed by atoms with van der Waals surface area (Å²) in [5, 5.41) is 23.5. The van der Waals surface area contributed by atoms with Crippen molar-refractivity contribution < 1.29 is 24.2 Å². The molecule has 9 heteroatoms. The molecule has 2 fully saturated rings. The molecule has 0 unspecified atom stereocenters. The molecule has 0 saturated heterocycles. The Labute approximate surface area is 210 Å². The summed E-state index contributed by atoms with van der Waals surface area (Å²) in [5.41, 5.74) is 6.78. The van der Waals surface area contributed by atoms with Gasteiger partial charge in [0.15, 0.2) is 0 Å². The number of carbonyl (C=O) groups is 2. The maximum atomic E-state index is 12.8. The Kier molecular flexibility index (Phi) is 6.95. The Bertz CT molecular complexity index is 1150. The van der Waals surface area contributed by atoms with Crippen molar-refractivity contribution in [1.29, 1.82) is 5.41 Å². The second kappa shape index (κ2) is 9.81. The molecule has 2 saturated carbocycles. The predicted octanol–water partition coefficient (Wildman–Crippen LogP) is 2.59. The molecule has 9 nitrogen and oxygen atoms in total. The number of dihydropyridines is 1. The number of hydrogen-bond donors (Lipinski definition) is 5. The van der Waals surface area contributed by atoms with Crippen molar-refractivity contribution in [1.82, 2.24) is 10.6 Å². The van der Waals surface area contributed by atoms with Crippen LogP contribution in [0.15, 0.2) is 53.6 Å². The number of amides is 2. The summed E-state index contributed by atoms with van der Waals surface area (Å²) in [4.78, 5) is 24.6. The number of aryl methyl sites for hydroxylation is 1. The molecule has 2 amide bonds. The first-order chi connectivity index (χ1) is 17.0. The van der Waals surface area contributed by atoms with Crippen LogP contribution in [0.4, 0.5) is 0 Å². The Morgan fingerprint density at radius 1 is 1.28 bits per heavy atom. The van der Waals surface area contributed by atoms with Crippen molar-refractivity contribution in [2.75, 3.05) is 6.61 Å². The lowest BCUT2D eigenvalue weighted by Gasteiger charge is -2.57. The van der Waals surface area contributed by atoms with E-state index in [1.807, 2.05) is 13.0 Å². The molecule has 36 heavy (non-hydrogen) atoms. The van der Waals surface area contributed by atoms with E-state index in [-0.39, 0.29) is 35.6 Å². The third-order valence-electron chi connectivity index (χ3n) is 6.76. The van der Waals surface area contributed by atoms with E-state index in [0.29, 0.717) is 22.8 Å². The molecule has 1 heterocycles. The molecule has 1 spiro atoms. The van der Waals surface area contributed by atoms with Crippen molar-refractivity contribution in [2.45, 2.75) is 64.2 Å². The number of primary amides is 1. The summed E-state index contributed by atoms with van der Waals surface area (Å²) < 4.78 is 11.6. The van der Waals surface area contributed by atoms with Crippen LogP contribution in [0, 0.1) is 17.7 Å². The molecule has 1 aromatic carbocycles. The normalized spacial score (nSPS) is 26.1. The molecule has 2 aliphatic carbocycles. The highest BCUT2D eigenvalue weighted by molar-refractivity contribution is 6.12. The molecule has 1 aliphatic heterocycles. The van der Waals surface area contributed by atoms with E-state index in [1.165, 1.54) is 0 Å². The quantitative estimate of drug-likeness (QED) is 0.263. The summed E-state index contributed by atoms with van der Waals surface area (Å²) in [6.07, 6.45) is 9.49. The topological polar surface area (TPSA) is 147 Å². The van der Waals surface area contributed by atoms with E-state index in [9.17, 15) is 14.7 Å². The van der Waals surface area contributed by atoms with Crippen molar-refractivity contribution in [3.63, 3.8) is 0 Å². The van der Waals surface area contributed by atoms with Crippen LogP contribution in [-0.4, -0.2) is 47.5 Å². The smallest absolute Gasteiger partial charge is 0.255 e. The van der Waals surface area contributed by atoms with Crippen LogP contribution in [0.25, 0.3) is 0 Å². The van der Waals surface area contributed by atoms with Gasteiger partial charge in [-0.15, -0.1) is 0 Å². The molecule has 6 N–H and O–H groups in total. The summed E-state index contributed by atoms with van der Waals surface area (Å²) in [5.74, 6) is 0.252. The van der Waals surface area contributed by atoms with Gasteiger partial charge in [-0.3, -0.25) is 9.59 Å². The number of aliphatic hydroxyl groups is 1. The first-order valence-electron chi connectivity index (χ1n) is 12.1.